The predicted octanol–water partition coefficient (Wildman–Crippen LogP) is 1.98. The minimum atomic E-state index is 0.314. The quantitative estimate of drug-likeness (QED) is 0.688. The highest BCUT2D eigenvalue weighted by Crippen LogP contribution is 2.13. The van der Waals surface area contributed by atoms with Crippen LogP contribution in [0, 0.1) is 0 Å². The molecule has 1 atom stereocenters. The first-order chi connectivity index (χ1) is 6.83. The van der Waals surface area contributed by atoms with Gasteiger partial charge in [-0.15, -0.1) is 0 Å². The van der Waals surface area contributed by atoms with Crippen LogP contribution in [0.3, 0.4) is 0 Å². The summed E-state index contributed by atoms with van der Waals surface area (Å²) in [5.41, 5.74) is 0. The van der Waals surface area contributed by atoms with Gasteiger partial charge in [-0.25, -0.2) is 0 Å². The number of aliphatic hydroxyl groups excluding tert-OH is 1. The lowest BCUT2D eigenvalue weighted by molar-refractivity contribution is 0.230. The van der Waals surface area contributed by atoms with Crippen molar-refractivity contribution in [3.63, 3.8) is 0 Å². The van der Waals surface area contributed by atoms with Gasteiger partial charge in [0.1, 0.15) is 0 Å². The first kappa shape index (κ1) is 12.3. The molecule has 2 nitrogen and oxygen atoms in total. The van der Waals surface area contributed by atoms with E-state index in [0.29, 0.717) is 11.9 Å². The zero-order valence-electron chi connectivity index (χ0n) is 9.24. The Kier molecular flexibility index (Phi) is 6.65. The molecule has 84 valence electrons. The summed E-state index contributed by atoms with van der Waals surface area (Å²) >= 11 is 1.89. The normalized spacial score (nSPS) is 21.0. The van der Waals surface area contributed by atoms with Crippen LogP contribution in [0.15, 0.2) is 0 Å². The summed E-state index contributed by atoms with van der Waals surface area (Å²) in [5.74, 6) is 1.19. The van der Waals surface area contributed by atoms with Crippen molar-refractivity contribution < 1.29 is 5.11 Å². The lowest BCUT2D eigenvalue weighted by Gasteiger charge is -2.26. The van der Waals surface area contributed by atoms with Crippen LogP contribution < -0.4 is 0 Å². The third kappa shape index (κ3) is 5.23. The zero-order chi connectivity index (χ0) is 10.2. The fourth-order valence-electron chi connectivity index (χ4n) is 1.81. The van der Waals surface area contributed by atoms with E-state index in [9.17, 15) is 0 Å². The van der Waals surface area contributed by atoms with Crippen molar-refractivity contribution in [3.05, 3.63) is 0 Å². The van der Waals surface area contributed by atoms with Gasteiger partial charge in [-0.3, -0.25) is 0 Å². The van der Waals surface area contributed by atoms with E-state index < -0.39 is 0 Å². The summed E-state index contributed by atoms with van der Waals surface area (Å²) in [5, 5.41) is 9.26. The Hall–Kier alpha value is 0.270. The maximum atomic E-state index is 8.85. The first-order valence-electron chi connectivity index (χ1n) is 5.77. The van der Waals surface area contributed by atoms with Crippen molar-refractivity contribution in [2.24, 2.45) is 0 Å². The van der Waals surface area contributed by atoms with Crippen LogP contribution in [0.25, 0.3) is 0 Å². The second-order valence-electron chi connectivity index (χ2n) is 4.12. The monoisotopic (exact) mass is 217 g/mol. The van der Waals surface area contributed by atoms with Crippen molar-refractivity contribution in [1.82, 2.24) is 4.90 Å². The standard InChI is InChI=1S/C11H23NOS/c1-11(10-13)14-9-5-8-12-6-3-2-4-7-12/h11,13H,2-10H2,1H3. The Morgan fingerprint density at radius 3 is 2.64 bits per heavy atom. The molecule has 0 radical (unpaired) electrons. The number of hydrogen-bond donors (Lipinski definition) is 1. The molecular formula is C11H23NOS. The highest BCUT2D eigenvalue weighted by atomic mass is 32.2. The molecule has 14 heavy (non-hydrogen) atoms. The minimum absolute atomic E-state index is 0.314. The molecule has 1 rings (SSSR count). The van der Waals surface area contributed by atoms with E-state index in [2.05, 4.69) is 11.8 Å². The summed E-state index contributed by atoms with van der Waals surface area (Å²) < 4.78 is 0. The van der Waals surface area contributed by atoms with Crippen LogP contribution >= 0.6 is 11.8 Å². The highest BCUT2D eigenvalue weighted by molar-refractivity contribution is 7.99. The molecule has 1 aliphatic heterocycles. The van der Waals surface area contributed by atoms with Crippen molar-refractivity contribution in [3.8, 4) is 0 Å². The molecule has 0 saturated carbocycles. The first-order valence-corrected chi connectivity index (χ1v) is 6.82. The number of aliphatic hydroxyl groups is 1. The van der Waals surface area contributed by atoms with Crippen LogP contribution in [0.5, 0.6) is 0 Å². The molecule has 1 unspecified atom stereocenters. The SMILES string of the molecule is CC(CO)SCCCN1CCCCC1. The van der Waals surface area contributed by atoms with Crippen molar-refractivity contribution >= 4 is 11.8 Å². The van der Waals surface area contributed by atoms with E-state index in [1.165, 1.54) is 51.1 Å². The third-order valence-corrected chi connectivity index (χ3v) is 3.97. The van der Waals surface area contributed by atoms with Crippen LogP contribution in [-0.2, 0) is 0 Å². The molecule has 0 bridgehead atoms. The summed E-state index contributed by atoms with van der Waals surface area (Å²) in [6, 6.07) is 0. The van der Waals surface area contributed by atoms with Gasteiger partial charge in [0, 0.05) is 5.25 Å². The largest absolute Gasteiger partial charge is 0.395 e. The number of nitrogens with zero attached hydrogens (tertiary/aromatic N) is 1. The molecule has 0 aliphatic carbocycles. The van der Waals surface area contributed by atoms with E-state index in [1.807, 2.05) is 11.8 Å². The average molecular weight is 217 g/mol. The maximum absolute atomic E-state index is 8.85. The molecular weight excluding hydrogens is 194 g/mol. The van der Waals surface area contributed by atoms with Crippen molar-refractivity contribution in [2.45, 2.75) is 37.9 Å². The molecule has 1 fully saturated rings. The summed E-state index contributed by atoms with van der Waals surface area (Å²) in [6.45, 7) is 6.27. The number of hydrogen-bond acceptors (Lipinski definition) is 3. The van der Waals surface area contributed by atoms with E-state index in [4.69, 9.17) is 5.11 Å². The van der Waals surface area contributed by atoms with Gasteiger partial charge in [0.2, 0.25) is 0 Å². The number of piperidine rings is 1. The van der Waals surface area contributed by atoms with Crippen LogP contribution in [-0.4, -0.2) is 47.3 Å². The number of thioether (sulfide) groups is 1. The Balaban J connectivity index is 1.92. The van der Waals surface area contributed by atoms with Crippen molar-refractivity contribution in [1.29, 1.82) is 0 Å². The van der Waals surface area contributed by atoms with Crippen LogP contribution in [0.4, 0.5) is 0 Å². The fourth-order valence-corrected chi connectivity index (χ4v) is 2.61. The van der Waals surface area contributed by atoms with E-state index in [-0.39, 0.29) is 0 Å². The molecule has 0 aromatic carbocycles. The molecule has 0 amide bonds. The summed E-state index contributed by atoms with van der Waals surface area (Å²) in [7, 11) is 0. The molecule has 1 saturated heterocycles. The van der Waals surface area contributed by atoms with Gasteiger partial charge >= 0.3 is 0 Å². The van der Waals surface area contributed by atoms with E-state index in [0.717, 1.165) is 0 Å². The van der Waals surface area contributed by atoms with Crippen LogP contribution in [0.2, 0.25) is 0 Å². The maximum Gasteiger partial charge on any atom is 0.0547 e. The molecule has 0 spiro atoms. The Morgan fingerprint density at radius 2 is 2.00 bits per heavy atom. The van der Waals surface area contributed by atoms with Gasteiger partial charge in [-0.05, 0) is 44.6 Å². The summed E-state index contributed by atoms with van der Waals surface area (Å²) in [6.07, 6.45) is 5.47. The van der Waals surface area contributed by atoms with Gasteiger partial charge in [0.05, 0.1) is 6.61 Å². The summed E-state index contributed by atoms with van der Waals surface area (Å²) in [4.78, 5) is 2.58. The van der Waals surface area contributed by atoms with Crippen LogP contribution in [0.1, 0.15) is 32.6 Å². The highest BCUT2D eigenvalue weighted by Gasteiger charge is 2.09. The molecule has 0 aromatic rings. The Bertz CT molecular complexity index is 137. The molecule has 0 aromatic heterocycles. The molecule has 3 heteroatoms. The topological polar surface area (TPSA) is 23.5 Å². The van der Waals surface area contributed by atoms with E-state index >= 15 is 0 Å². The Labute approximate surface area is 92.1 Å². The van der Waals surface area contributed by atoms with Gasteiger partial charge in [0.25, 0.3) is 0 Å². The molecule has 1 aliphatic rings. The van der Waals surface area contributed by atoms with Crippen molar-refractivity contribution in [2.75, 3.05) is 32.0 Å². The molecule has 1 heterocycles. The smallest absolute Gasteiger partial charge is 0.0547 e. The van der Waals surface area contributed by atoms with Gasteiger partial charge in [-0.1, -0.05) is 13.3 Å². The lowest BCUT2D eigenvalue weighted by Crippen LogP contribution is -2.30. The fraction of sp³-hybridized carbons (Fsp3) is 1.00. The third-order valence-electron chi connectivity index (χ3n) is 2.73. The van der Waals surface area contributed by atoms with Gasteiger partial charge in [0.15, 0.2) is 0 Å². The molecule has 1 N–H and O–H groups in total. The zero-order valence-corrected chi connectivity index (χ0v) is 10.1. The minimum Gasteiger partial charge on any atom is -0.395 e. The predicted molar refractivity (Wildman–Crippen MR) is 63.9 cm³/mol. The number of likely N-dealkylation sites (tertiary alicyclic amines) is 1. The van der Waals surface area contributed by atoms with Gasteiger partial charge in [-0.2, -0.15) is 11.8 Å². The average Bonchev–Trinajstić information content (AvgIpc) is 2.25. The van der Waals surface area contributed by atoms with Gasteiger partial charge < -0.3 is 10.0 Å². The van der Waals surface area contributed by atoms with E-state index in [1.54, 1.807) is 0 Å². The second-order valence-corrected chi connectivity index (χ2v) is 5.67. The number of rotatable bonds is 6. The second kappa shape index (κ2) is 7.55. The lowest BCUT2D eigenvalue weighted by atomic mass is 10.1. The Morgan fingerprint density at radius 1 is 1.29 bits per heavy atom.